The monoisotopic (exact) mass is 457 g/mol. The fraction of sp³-hybridized carbons (Fsp3) is 0.375. The van der Waals surface area contributed by atoms with Gasteiger partial charge in [0.25, 0.3) is 0 Å². The molecule has 0 fully saturated rings. The molecule has 7 nitrogen and oxygen atoms in total. The van der Waals surface area contributed by atoms with Crippen LogP contribution in [0.4, 0.5) is 0 Å². The van der Waals surface area contributed by atoms with Crippen LogP contribution in [0, 0.1) is 5.92 Å². The minimum atomic E-state index is -0.745. The number of carbonyl (C=O) groups excluding carboxylic acids is 2. The number of furan rings is 1. The van der Waals surface area contributed by atoms with E-state index in [0.29, 0.717) is 34.2 Å². The second kappa shape index (κ2) is 11.0. The van der Waals surface area contributed by atoms with E-state index in [-0.39, 0.29) is 6.61 Å². The van der Waals surface area contributed by atoms with Gasteiger partial charge in [-0.05, 0) is 43.7 Å². The van der Waals surface area contributed by atoms with Gasteiger partial charge < -0.3 is 18.6 Å². The molecule has 0 saturated heterocycles. The lowest BCUT2D eigenvalue weighted by atomic mass is 9.75. The number of thioether (sulfide) groups is 1. The summed E-state index contributed by atoms with van der Waals surface area (Å²) in [5, 5.41) is 0. The van der Waals surface area contributed by atoms with E-state index < -0.39 is 23.8 Å². The number of carbonyl (C=O) groups is 2. The summed E-state index contributed by atoms with van der Waals surface area (Å²) in [6.07, 6.45) is 1.63. The van der Waals surface area contributed by atoms with E-state index in [1.807, 2.05) is 36.4 Å². The fourth-order valence-corrected chi connectivity index (χ4v) is 4.65. The predicted octanol–water partition coefficient (Wildman–Crippen LogP) is 4.39. The van der Waals surface area contributed by atoms with Gasteiger partial charge in [0, 0.05) is 17.4 Å². The Bertz CT molecular complexity index is 1010. The van der Waals surface area contributed by atoms with Gasteiger partial charge in [-0.1, -0.05) is 12.1 Å². The van der Waals surface area contributed by atoms with Gasteiger partial charge in [0.2, 0.25) is 0 Å². The lowest BCUT2D eigenvalue weighted by molar-refractivity contribution is -0.144. The second-order valence-corrected chi connectivity index (χ2v) is 8.15. The number of benzene rings is 1. The van der Waals surface area contributed by atoms with Crippen molar-refractivity contribution in [1.29, 1.82) is 0 Å². The van der Waals surface area contributed by atoms with Crippen LogP contribution in [-0.4, -0.2) is 44.2 Å². The van der Waals surface area contributed by atoms with Gasteiger partial charge in [-0.2, -0.15) is 0 Å². The van der Waals surface area contributed by atoms with E-state index in [1.54, 1.807) is 39.0 Å². The highest BCUT2D eigenvalue weighted by atomic mass is 32.2. The summed E-state index contributed by atoms with van der Waals surface area (Å²) in [4.78, 5) is 30.6. The molecule has 170 valence electrons. The van der Waals surface area contributed by atoms with Crippen molar-refractivity contribution >= 4 is 29.4 Å². The van der Waals surface area contributed by atoms with Crippen molar-refractivity contribution in [2.75, 3.05) is 26.6 Å². The zero-order valence-electron chi connectivity index (χ0n) is 18.6. The first-order valence-electron chi connectivity index (χ1n) is 10.3. The number of methoxy groups -OCH3 is 2. The first-order chi connectivity index (χ1) is 15.5. The molecule has 2 unspecified atom stereocenters. The minimum Gasteiger partial charge on any atom is -0.497 e. The molecule has 2 heterocycles. The summed E-state index contributed by atoms with van der Waals surface area (Å²) in [7, 11) is 2.91. The average Bonchev–Trinajstić information content (AvgIpc) is 3.31. The second-order valence-electron chi connectivity index (χ2n) is 7.16. The molecule has 0 aliphatic carbocycles. The third-order valence-electron chi connectivity index (χ3n) is 5.18. The first-order valence-corrected chi connectivity index (χ1v) is 11.4. The molecule has 1 aliphatic heterocycles. The Morgan fingerprint density at radius 1 is 1.16 bits per heavy atom. The number of esters is 2. The quantitative estimate of drug-likeness (QED) is 0.516. The zero-order chi connectivity index (χ0) is 23.1. The summed E-state index contributed by atoms with van der Waals surface area (Å²) in [5.74, 6) is 0.261. The highest BCUT2D eigenvalue weighted by Gasteiger charge is 2.43. The van der Waals surface area contributed by atoms with Gasteiger partial charge >= 0.3 is 11.9 Å². The summed E-state index contributed by atoms with van der Waals surface area (Å²) in [5.41, 5.74) is 2.30. The third-order valence-corrected chi connectivity index (χ3v) is 6.15. The molecular formula is C24H27NO6S. The Balaban J connectivity index is 2.08. The summed E-state index contributed by atoms with van der Waals surface area (Å²) >= 11 is 1.57. The van der Waals surface area contributed by atoms with Crippen molar-refractivity contribution in [3.63, 3.8) is 0 Å². The first kappa shape index (κ1) is 23.7. The lowest BCUT2D eigenvalue weighted by Crippen LogP contribution is -2.36. The van der Waals surface area contributed by atoms with Crippen molar-refractivity contribution in [2.24, 2.45) is 10.9 Å². The van der Waals surface area contributed by atoms with E-state index in [9.17, 15) is 9.59 Å². The van der Waals surface area contributed by atoms with E-state index in [1.165, 1.54) is 7.11 Å². The number of nitrogens with zero attached hydrogens (tertiary/aromatic N) is 1. The molecule has 32 heavy (non-hydrogen) atoms. The molecule has 2 atom stereocenters. The van der Waals surface area contributed by atoms with E-state index in [4.69, 9.17) is 18.6 Å². The van der Waals surface area contributed by atoms with Gasteiger partial charge in [0.15, 0.2) is 0 Å². The maximum Gasteiger partial charge on any atom is 0.336 e. The molecule has 0 N–H and O–H groups in total. The fourth-order valence-electron chi connectivity index (χ4n) is 3.76. The van der Waals surface area contributed by atoms with Gasteiger partial charge in [0.05, 0.1) is 44.1 Å². The van der Waals surface area contributed by atoms with Gasteiger partial charge in [0.1, 0.15) is 17.4 Å². The van der Waals surface area contributed by atoms with Crippen LogP contribution in [0.1, 0.15) is 31.1 Å². The molecule has 1 aromatic carbocycles. The van der Waals surface area contributed by atoms with Crippen molar-refractivity contribution in [2.45, 2.75) is 25.5 Å². The van der Waals surface area contributed by atoms with Crippen molar-refractivity contribution < 1.29 is 28.2 Å². The van der Waals surface area contributed by atoms with Crippen LogP contribution in [0.3, 0.4) is 0 Å². The summed E-state index contributed by atoms with van der Waals surface area (Å²) in [6, 6.07) is 11.1. The molecule has 0 amide bonds. The smallest absolute Gasteiger partial charge is 0.336 e. The Morgan fingerprint density at radius 2 is 1.97 bits per heavy atom. The van der Waals surface area contributed by atoms with E-state index in [0.717, 1.165) is 11.3 Å². The largest absolute Gasteiger partial charge is 0.497 e. The topological polar surface area (TPSA) is 87.3 Å². The maximum absolute atomic E-state index is 13.1. The van der Waals surface area contributed by atoms with Crippen LogP contribution in [0.2, 0.25) is 0 Å². The Hall–Kier alpha value is -3.00. The van der Waals surface area contributed by atoms with Crippen LogP contribution in [0.5, 0.6) is 5.75 Å². The Labute approximate surface area is 191 Å². The highest BCUT2D eigenvalue weighted by molar-refractivity contribution is 7.98. The molecule has 0 spiro atoms. The Kier molecular flexibility index (Phi) is 8.16. The van der Waals surface area contributed by atoms with Crippen LogP contribution < -0.4 is 4.74 Å². The number of hydrogen-bond acceptors (Lipinski definition) is 8. The van der Waals surface area contributed by atoms with Crippen molar-refractivity contribution in [1.82, 2.24) is 0 Å². The Morgan fingerprint density at radius 3 is 2.62 bits per heavy atom. The highest BCUT2D eigenvalue weighted by Crippen LogP contribution is 2.42. The molecule has 3 rings (SSSR count). The standard InChI is InChI=1S/C24H27NO6S/c1-5-30-24(27)22-19(14-32-13-18-10-7-11-31-18)25-15(2)20(23(26)29-4)21(22)16-8-6-9-17(12-16)28-3/h6-12,20-21H,5,13-14H2,1-4H3. The molecule has 1 aliphatic rings. The zero-order valence-corrected chi connectivity index (χ0v) is 19.4. The molecule has 0 radical (unpaired) electrons. The molecule has 0 bridgehead atoms. The molecule has 0 saturated carbocycles. The molecule has 1 aromatic heterocycles. The third kappa shape index (κ3) is 5.24. The summed E-state index contributed by atoms with van der Waals surface area (Å²) in [6.45, 7) is 3.75. The summed E-state index contributed by atoms with van der Waals surface area (Å²) < 4.78 is 21.2. The lowest BCUT2D eigenvalue weighted by Gasteiger charge is -2.32. The van der Waals surface area contributed by atoms with Gasteiger partial charge in [-0.3, -0.25) is 9.79 Å². The van der Waals surface area contributed by atoms with Crippen LogP contribution in [0.25, 0.3) is 0 Å². The van der Waals surface area contributed by atoms with E-state index >= 15 is 0 Å². The normalized spacial score (nSPS) is 18.2. The van der Waals surface area contributed by atoms with Gasteiger partial charge in [-0.15, -0.1) is 11.8 Å². The number of hydrogen-bond donors (Lipinski definition) is 0. The van der Waals surface area contributed by atoms with E-state index in [2.05, 4.69) is 4.99 Å². The molecule has 2 aromatic rings. The molecular weight excluding hydrogens is 430 g/mol. The minimum absolute atomic E-state index is 0.214. The average molecular weight is 458 g/mol. The maximum atomic E-state index is 13.1. The van der Waals surface area contributed by atoms with Crippen LogP contribution in [0.15, 0.2) is 63.3 Å². The number of rotatable bonds is 9. The van der Waals surface area contributed by atoms with Crippen LogP contribution in [-0.2, 0) is 24.8 Å². The molecule has 8 heteroatoms. The van der Waals surface area contributed by atoms with Crippen molar-refractivity contribution in [3.8, 4) is 5.75 Å². The van der Waals surface area contributed by atoms with Crippen LogP contribution >= 0.6 is 11.8 Å². The number of aliphatic imine (C=N–C) groups is 1. The van der Waals surface area contributed by atoms with Gasteiger partial charge in [-0.25, -0.2) is 4.79 Å². The SMILES string of the molecule is CCOC(=O)C1=C(CSCc2ccco2)N=C(C)C(C(=O)OC)C1c1cccc(OC)c1. The predicted molar refractivity (Wildman–Crippen MR) is 123 cm³/mol. The van der Waals surface area contributed by atoms with Crippen molar-refractivity contribution in [3.05, 3.63) is 65.3 Å². The number of ether oxygens (including phenoxy) is 3.